The van der Waals surface area contributed by atoms with Crippen molar-refractivity contribution in [1.82, 2.24) is 0 Å². The summed E-state index contributed by atoms with van der Waals surface area (Å²) in [6.07, 6.45) is 0. The fourth-order valence-corrected chi connectivity index (χ4v) is 2.13. The summed E-state index contributed by atoms with van der Waals surface area (Å²) >= 11 is 0. The Morgan fingerprint density at radius 2 is 1.85 bits per heavy atom. The second kappa shape index (κ2) is 5.74. The number of hydrogen-bond donors (Lipinski definition) is 3. The highest BCUT2D eigenvalue weighted by atomic mass is 16.5. The van der Waals surface area contributed by atoms with E-state index in [0.29, 0.717) is 5.56 Å². The number of methoxy groups -OCH3 is 1. The zero-order valence-corrected chi connectivity index (χ0v) is 11.8. The number of ether oxygens (including phenoxy) is 1. The van der Waals surface area contributed by atoms with Crippen molar-refractivity contribution in [2.45, 2.75) is 19.9 Å². The topological polar surface area (TPSA) is 61.7 Å². The van der Waals surface area contributed by atoms with Gasteiger partial charge >= 0.3 is 0 Å². The molecule has 0 aromatic heterocycles. The Hall–Kier alpha value is -2.36. The van der Waals surface area contributed by atoms with Crippen LogP contribution in [-0.4, -0.2) is 17.3 Å². The molecule has 0 saturated heterocycles. The summed E-state index contributed by atoms with van der Waals surface area (Å²) in [6, 6.07) is 10.2. The first-order chi connectivity index (χ1) is 9.51. The molecule has 0 aliphatic heterocycles. The van der Waals surface area contributed by atoms with Crippen LogP contribution in [0.15, 0.2) is 36.4 Å². The molecule has 106 valence electrons. The lowest BCUT2D eigenvalue weighted by Gasteiger charge is -2.19. The van der Waals surface area contributed by atoms with Gasteiger partial charge in [-0.3, -0.25) is 0 Å². The van der Waals surface area contributed by atoms with Gasteiger partial charge in [-0.15, -0.1) is 0 Å². The van der Waals surface area contributed by atoms with Gasteiger partial charge in [-0.1, -0.05) is 6.07 Å². The summed E-state index contributed by atoms with van der Waals surface area (Å²) in [6.45, 7) is 3.91. The zero-order chi connectivity index (χ0) is 14.7. The lowest BCUT2D eigenvalue weighted by Crippen LogP contribution is -2.08. The van der Waals surface area contributed by atoms with Gasteiger partial charge in [0, 0.05) is 5.56 Å². The number of benzene rings is 2. The molecule has 0 amide bonds. The number of aromatic hydroxyl groups is 2. The van der Waals surface area contributed by atoms with Crippen molar-refractivity contribution in [2.75, 3.05) is 12.4 Å². The molecule has 0 heterocycles. The van der Waals surface area contributed by atoms with Crippen molar-refractivity contribution >= 4 is 5.69 Å². The van der Waals surface area contributed by atoms with Crippen molar-refractivity contribution in [2.24, 2.45) is 0 Å². The summed E-state index contributed by atoms with van der Waals surface area (Å²) in [4.78, 5) is 0. The standard InChI is InChI=1S/C16H19NO3/c1-10-4-7-16(20-3)14(8-10)17-11(2)13-9-12(18)5-6-15(13)19/h4-9,11,17-19H,1-3H3. The lowest BCUT2D eigenvalue weighted by molar-refractivity contribution is 0.415. The first-order valence-electron chi connectivity index (χ1n) is 6.44. The highest BCUT2D eigenvalue weighted by molar-refractivity contribution is 5.59. The molecule has 2 aromatic carbocycles. The summed E-state index contributed by atoms with van der Waals surface area (Å²) in [7, 11) is 1.62. The lowest BCUT2D eigenvalue weighted by atomic mass is 10.1. The molecule has 0 aliphatic carbocycles. The van der Waals surface area contributed by atoms with Crippen LogP contribution in [0.5, 0.6) is 17.2 Å². The van der Waals surface area contributed by atoms with Gasteiger partial charge < -0.3 is 20.3 Å². The highest BCUT2D eigenvalue weighted by Crippen LogP contribution is 2.33. The van der Waals surface area contributed by atoms with E-state index < -0.39 is 0 Å². The van der Waals surface area contributed by atoms with Gasteiger partial charge in [0.05, 0.1) is 18.8 Å². The molecule has 0 aliphatic rings. The largest absolute Gasteiger partial charge is 0.508 e. The first kappa shape index (κ1) is 14.1. The summed E-state index contributed by atoms with van der Waals surface area (Å²) < 4.78 is 5.32. The Bertz CT molecular complexity index is 611. The number of phenols is 2. The third-order valence-electron chi connectivity index (χ3n) is 3.20. The first-order valence-corrected chi connectivity index (χ1v) is 6.44. The average Bonchev–Trinajstić information content (AvgIpc) is 2.41. The van der Waals surface area contributed by atoms with Crippen LogP contribution in [0.1, 0.15) is 24.1 Å². The monoisotopic (exact) mass is 273 g/mol. The van der Waals surface area contributed by atoms with Gasteiger partial charge in [0.15, 0.2) is 0 Å². The van der Waals surface area contributed by atoms with Crippen LogP contribution in [0.3, 0.4) is 0 Å². The number of rotatable bonds is 4. The maximum Gasteiger partial charge on any atom is 0.141 e. The molecule has 0 radical (unpaired) electrons. The Balaban J connectivity index is 2.29. The van der Waals surface area contributed by atoms with Crippen LogP contribution in [-0.2, 0) is 0 Å². The van der Waals surface area contributed by atoms with Crippen LogP contribution in [0.2, 0.25) is 0 Å². The van der Waals surface area contributed by atoms with E-state index in [2.05, 4.69) is 5.32 Å². The van der Waals surface area contributed by atoms with Crippen LogP contribution in [0.25, 0.3) is 0 Å². The van der Waals surface area contributed by atoms with Crippen molar-refractivity contribution in [1.29, 1.82) is 0 Å². The van der Waals surface area contributed by atoms with E-state index in [0.717, 1.165) is 17.0 Å². The van der Waals surface area contributed by atoms with Crippen molar-refractivity contribution < 1.29 is 14.9 Å². The SMILES string of the molecule is COc1ccc(C)cc1NC(C)c1cc(O)ccc1O. The quantitative estimate of drug-likeness (QED) is 0.745. The third-order valence-corrected chi connectivity index (χ3v) is 3.20. The predicted octanol–water partition coefficient (Wildman–Crippen LogP) is 3.59. The van der Waals surface area contributed by atoms with E-state index in [9.17, 15) is 10.2 Å². The van der Waals surface area contributed by atoms with Crippen molar-refractivity contribution in [3.05, 3.63) is 47.5 Å². The number of nitrogens with one attached hydrogen (secondary N) is 1. The Labute approximate surface area is 118 Å². The van der Waals surface area contributed by atoms with E-state index in [1.807, 2.05) is 32.0 Å². The number of aryl methyl sites for hydroxylation is 1. The van der Waals surface area contributed by atoms with Crippen LogP contribution in [0.4, 0.5) is 5.69 Å². The van der Waals surface area contributed by atoms with Crippen molar-refractivity contribution in [3.8, 4) is 17.2 Å². The van der Waals surface area contributed by atoms with Gasteiger partial charge in [0.1, 0.15) is 17.2 Å². The Kier molecular flexibility index (Phi) is 4.03. The summed E-state index contributed by atoms with van der Waals surface area (Å²) in [5.41, 5.74) is 2.59. The van der Waals surface area contributed by atoms with E-state index in [1.165, 1.54) is 12.1 Å². The van der Waals surface area contributed by atoms with Crippen LogP contribution < -0.4 is 10.1 Å². The molecular formula is C16H19NO3. The zero-order valence-electron chi connectivity index (χ0n) is 11.8. The van der Waals surface area contributed by atoms with E-state index in [1.54, 1.807) is 13.2 Å². The number of anilines is 1. The van der Waals surface area contributed by atoms with E-state index in [-0.39, 0.29) is 17.5 Å². The third kappa shape index (κ3) is 2.96. The summed E-state index contributed by atoms with van der Waals surface area (Å²) in [5.74, 6) is 1.01. The molecule has 2 rings (SSSR count). The van der Waals surface area contributed by atoms with Gasteiger partial charge in [0.2, 0.25) is 0 Å². The Morgan fingerprint density at radius 1 is 1.10 bits per heavy atom. The second-order valence-corrected chi connectivity index (χ2v) is 4.81. The molecule has 3 N–H and O–H groups in total. The maximum atomic E-state index is 9.88. The summed E-state index contributed by atoms with van der Waals surface area (Å²) in [5, 5.41) is 22.7. The molecule has 1 unspecified atom stereocenters. The molecule has 0 fully saturated rings. The molecule has 0 bridgehead atoms. The van der Waals surface area contributed by atoms with E-state index in [4.69, 9.17) is 4.74 Å². The van der Waals surface area contributed by atoms with Crippen LogP contribution >= 0.6 is 0 Å². The molecule has 20 heavy (non-hydrogen) atoms. The average molecular weight is 273 g/mol. The highest BCUT2D eigenvalue weighted by Gasteiger charge is 2.13. The molecule has 1 atom stereocenters. The molecule has 4 nitrogen and oxygen atoms in total. The normalized spacial score (nSPS) is 11.9. The molecular weight excluding hydrogens is 254 g/mol. The minimum atomic E-state index is -0.169. The molecule has 0 spiro atoms. The second-order valence-electron chi connectivity index (χ2n) is 4.81. The van der Waals surface area contributed by atoms with Crippen molar-refractivity contribution in [3.63, 3.8) is 0 Å². The minimum absolute atomic E-state index is 0.127. The number of hydrogen-bond acceptors (Lipinski definition) is 4. The molecule has 4 heteroatoms. The maximum absolute atomic E-state index is 9.88. The molecule has 2 aromatic rings. The van der Waals surface area contributed by atoms with Crippen LogP contribution in [0, 0.1) is 6.92 Å². The van der Waals surface area contributed by atoms with Gasteiger partial charge in [-0.2, -0.15) is 0 Å². The predicted molar refractivity (Wildman–Crippen MR) is 79.5 cm³/mol. The van der Waals surface area contributed by atoms with Gasteiger partial charge in [-0.05, 0) is 49.7 Å². The van der Waals surface area contributed by atoms with Gasteiger partial charge in [0.25, 0.3) is 0 Å². The molecule has 0 saturated carbocycles. The fraction of sp³-hybridized carbons (Fsp3) is 0.250. The van der Waals surface area contributed by atoms with E-state index >= 15 is 0 Å². The fourth-order valence-electron chi connectivity index (χ4n) is 2.13. The number of phenolic OH excluding ortho intramolecular Hbond substituents is 2. The minimum Gasteiger partial charge on any atom is -0.508 e. The Morgan fingerprint density at radius 3 is 2.55 bits per heavy atom. The smallest absolute Gasteiger partial charge is 0.141 e. The van der Waals surface area contributed by atoms with Gasteiger partial charge in [-0.25, -0.2) is 0 Å².